The highest BCUT2D eigenvalue weighted by Crippen LogP contribution is 2.23. The van der Waals surface area contributed by atoms with Crippen LogP contribution in [0.2, 0.25) is 0 Å². The van der Waals surface area contributed by atoms with Crippen LogP contribution in [-0.2, 0) is 4.74 Å². The maximum absolute atomic E-state index is 11.7. The summed E-state index contributed by atoms with van der Waals surface area (Å²) in [6, 6.07) is 12.7. The third-order valence-corrected chi connectivity index (χ3v) is 3.15. The van der Waals surface area contributed by atoms with Crippen LogP contribution >= 0.6 is 0 Å². The van der Waals surface area contributed by atoms with Gasteiger partial charge < -0.3 is 4.74 Å². The fourth-order valence-corrected chi connectivity index (χ4v) is 2.08. The van der Waals surface area contributed by atoms with Gasteiger partial charge in [0.15, 0.2) is 0 Å². The Kier molecular flexibility index (Phi) is 2.85. The molecule has 0 radical (unpaired) electrons. The van der Waals surface area contributed by atoms with E-state index in [1.165, 1.54) is 0 Å². The SMILES string of the molecule is Cc1ccccc1C#Cc1cccc2c1C(=O)OC2=O. The van der Waals surface area contributed by atoms with E-state index in [4.69, 9.17) is 0 Å². The van der Waals surface area contributed by atoms with E-state index in [0.717, 1.165) is 11.1 Å². The smallest absolute Gasteiger partial charge is 0.348 e. The van der Waals surface area contributed by atoms with Crippen LogP contribution in [0.1, 0.15) is 37.4 Å². The number of hydrogen-bond donors (Lipinski definition) is 0. The molecular weight excluding hydrogens is 252 g/mol. The number of hydrogen-bond acceptors (Lipinski definition) is 3. The lowest BCUT2D eigenvalue weighted by Gasteiger charge is -1.97. The highest BCUT2D eigenvalue weighted by molar-refractivity contribution is 6.15. The zero-order valence-corrected chi connectivity index (χ0v) is 10.8. The van der Waals surface area contributed by atoms with Crippen LogP contribution in [0.25, 0.3) is 0 Å². The van der Waals surface area contributed by atoms with Gasteiger partial charge in [0.25, 0.3) is 0 Å². The van der Waals surface area contributed by atoms with Crippen molar-refractivity contribution in [2.45, 2.75) is 6.92 Å². The van der Waals surface area contributed by atoms with Crippen molar-refractivity contribution in [3.63, 3.8) is 0 Å². The second-order valence-electron chi connectivity index (χ2n) is 4.47. The van der Waals surface area contributed by atoms with Gasteiger partial charge in [0.05, 0.1) is 11.1 Å². The average molecular weight is 262 g/mol. The molecule has 0 bridgehead atoms. The van der Waals surface area contributed by atoms with E-state index < -0.39 is 11.9 Å². The second-order valence-corrected chi connectivity index (χ2v) is 4.47. The van der Waals surface area contributed by atoms with E-state index in [0.29, 0.717) is 5.56 Å². The molecule has 0 spiro atoms. The summed E-state index contributed by atoms with van der Waals surface area (Å²) in [6.45, 7) is 1.97. The first-order valence-corrected chi connectivity index (χ1v) is 6.14. The van der Waals surface area contributed by atoms with Crippen molar-refractivity contribution in [3.05, 3.63) is 70.3 Å². The van der Waals surface area contributed by atoms with Crippen molar-refractivity contribution in [1.29, 1.82) is 0 Å². The minimum Gasteiger partial charge on any atom is -0.386 e. The van der Waals surface area contributed by atoms with Crippen molar-refractivity contribution in [3.8, 4) is 11.8 Å². The monoisotopic (exact) mass is 262 g/mol. The van der Waals surface area contributed by atoms with Crippen LogP contribution in [-0.4, -0.2) is 11.9 Å². The number of ether oxygens (including phenoxy) is 1. The van der Waals surface area contributed by atoms with E-state index in [1.54, 1.807) is 18.2 Å². The molecule has 1 aliphatic heterocycles. The summed E-state index contributed by atoms with van der Waals surface area (Å²) in [6.07, 6.45) is 0. The molecule has 20 heavy (non-hydrogen) atoms. The number of carbonyl (C=O) groups is 2. The number of rotatable bonds is 0. The third kappa shape index (κ3) is 1.98. The Bertz CT molecular complexity index is 791. The Balaban J connectivity index is 2.09. The topological polar surface area (TPSA) is 43.4 Å². The molecule has 0 saturated carbocycles. The number of aryl methyl sites for hydroxylation is 1. The molecule has 0 N–H and O–H groups in total. The van der Waals surface area contributed by atoms with E-state index in [1.807, 2.05) is 31.2 Å². The Morgan fingerprint density at radius 1 is 0.850 bits per heavy atom. The van der Waals surface area contributed by atoms with Crippen LogP contribution < -0.4 is 0 Å². The van der Waals surface area contributed by atoms with Crippen molar-refractivity contribution in [1.82, 2.24) is 0 Å². The number of fused-ring (bicyclic) bond motifs is 1. The van der Waals surface area contributed by atoms with Crippen molar-refractivity contribution in [2.75, 3.05) is 0 Å². The van der Waals surface area contributed by atoms with E-state index in [-0.39, 0.29) is 11.1 Å². The molecule has 96 valence electrons. The highest BCUT2D eigenvalue weighted by atomic mass is 16.6. The van der Waals surface area contributed by atoms with Gasteiger partial charge in [-0.05, 0) is 30.7 Å². The largest absolute Gasteiger partial charge is 0.386 e. The predicted octanol–water partition coefficient (Wildman–Crippen LogP) is 2.71. The van der Waals surface area contributed by atoms with Gasteiger partial charge >= 0.3 is 11.9 Å². The molecule has 0 saturated heterocycles. The van der Waals surface area contributed by atoms with Gasteiger partial charge in [-0.25, -0.2) is 9.59 Å². The lowest BCUT2D eigenvalue weighted by molar-refractivity contribution is 0.0443. The molecule has 0 fully saturated rings. The Morgan fingerprint density at radius 2 is 1.55 bits per heavy atom. The Hall–Kier alpha value is -2.86. The third-order valence-electron chi connectivity index (χ3n) is 3.15. The molecule has 0 aliphatic carbocycles. The van der Waals surface area contributed by atoms with E-state index >= 15 is 0 Å². The van der Waals surface area contributed by atoms with Gasteiger partial charge in [0.2, 0.25) is 0 Å². The summed E-state index contributed by atoms with van der Waals surface area (Å²) < 4.78 is 4.60. The molecule has 0 amide bonds. The van der Waals surface area contributed by atoms with Gasteiger partial charge in [-0.2, -0.15) is 0 Å². The maximum atomic E-state index is 11.7. The molecule has 0 aromatic heterocycles. The lowest BCUT2D eigenvalue weighted by atomic mass is 10.0. The molecule has 0 unspecified atom stereocenters. The molecule has 1 aliphatic rings. The van der Waals surface area contributed by atoms with E-state index in [9.17, 15) is 9.59 Å². The number of esters is 2. The number of carbonyl (C=O) groups excluding carboxylic acids is 2. The normalized spacial score (nSPS) is 12.4. The van der Waals surface area contributed by atoms with E-state index in [2.05, 4.69) is 16.6 Å². The minimum absolute atomic E-state index is 0.263. The molecule has 2 aromatic rings. The van der Waals surface area contributed by atoms with Gasteiger partial charge in [-0.1, -0.05) is 36.1 Å². The summed E-state index contributed by atoms with van der Waals surface area (Å²) in [7, 11) is 0. The van der Waals surface area contributed by atoms with Crippen molar-refractivity contribution < 1.29 is 14.3 Å². The number of benzene rings is 2. The first kappa shape index (κ1) is 12.2. The second kappa shape index (κ2) is 4.67. The Morgan fingerprint density at radius 3 is 2.35 bits per heavy atom. The van der Waals surface area contributed by atoms with Crippen molar-refractivity contribution >= 4 is 11.9 Å². The molecule has 2 aromatic carbocycles. The van der Waals surface area contributed by atoms with Gasteiger partial charge in [0, 0.05) is 11.1 Å². The van der Waals surface area contributed by atoms with Crippen LogP contribution in [0.15, 0.2) is 42.5 Å². The fourth-order valence-electron chi connectivity index (χ4n) is 2.08. The highest BCUT2D eigenvalue weighted by Gasteiger charge is 2.31. The maximum Gasteiger partial charge on any atom is 0.348 e. The van der Waals surface area contributed by atoms with Gasteiger partial charge in [-0.15, -0.1) is 0 Å². The quantitative estimate of drug-likeness (QED) is 0.416. The summed E-state index contributed by atoms with van der Waals surface area (Å²) in [5.41, 5.74) is 3.01. The van der Waals surface area contributed by atoms with Crippen LogP contribution in [0, 0.1) is 18.8 Å². The summed E-state index contributed by atoms with van der Waals surface area (Å²) in [4.78, 5) is 23.1. The van der Waals surface area contributed by atoms with Gasteiger partial charge in [0.1, 0.15) is 0 Å². The first-order chi connectivity index (χ1) is 9.66. The Labute approximate surface area is 116 Å². The van der Waals surface area contributed by atoms with Gasteiger partial charge in [-0.3, -0.25) is 0 Å². The predicted molar refractivity (Wildman–Crippen MR) is 73.3 cm³/mol. The molecular formula is C17H10O3. The molecule has 3 rings (SSSR count). The summed E-state index contributed by atoms with van der Waals surface area (Å²) in [5, 5.41) is 0. The molecule has 1 heterocycles. The zero-order valence-electron chi connectivity index (χ0n) is 10.8. The summed E-state index contributed by atoms with van der Waals surface area (Å²) in [5.74, 6) is 4.74. The molecule has 3 heteroatoms. The zero-order chi connectivity index (χ0) is 14.1. The van der Waals surface area contributed by atoms with Crippen LogP contribution in [0.3, 0.4) is 0 Å². The summed E-state index contributed by atoms with van der Waals surface area (Å²) >= 11 is 0. The van der Waals surface area contributed by atoms with Crippen LogP contribution in [0.5, 0.6) is 0 Å². The standard InChI is InChI=1S/C17H10O3/c1-11-5-2-3-6-12(11)9-10-13-7-4-8-14-15(13)17(19)20-16(14)18/h2-8H,1H3. The minimum atomic E-state index is -0.625. The first-order valence-electron chi connectivity index (χ1n) is 6.14. The lowest BCUT2D eigenvalue weighted by Crippen LogP contribution is -1.98. The van der Waals surface area contributed by atoms with Crippen LogP contribution in [0.4, 0.5) is 0 Å². The molecule has 3 nitrogen and oxygen atoms in total. The number of cyclic esters (lactones) is 2. The fraction of sp³-hybridized carbons (Fsp3) is 0.0588. The average Bonchev–Trinajstić information content (AvgIpc) is 2.74. The molecule has 0 atom stereocenters. The van der Waals surface area contributed by atoms with Crippen molar-refractivity contribution in [2.24, 2.45) is 0 Å².